The lowest BCUT2D eigenvalue weighted by Crippen LogP contribution is -2.25. The van der Waals surface area contributed by atoms with Gasteiger partial charge in [-0.2, -0.15) is 0 Å². The van der Waals surface area contributed by atoms with Crippen LogP contribution in [0.2, 0.25) is 0 Å². The summed E-state index contributed by atoms with van der Waals surface area (Å²) in [6.45, 7) is 2.81. The monoisotopic (exact) mass is 285 g/mol. The molecule has 1 aromatic rings. The smallest absolute Gasteiger partial charge is 0.242 e. The molecule has 0 saturated heterocycles. The van der Waals surface area contributed by atoms with E-state index < -0.39 is 10.0 Å². The number of benzene rings is 1. The lowest BCUT2D eigenvalue weighted by molar-refractivity contribution is -0.120. The maximum Gasteiger partial charge on any atom is 0.242 e. The van der Waals surface area contributed by atoms with Crippen molar-refractivity contribution in [2.45, 2.75) is 18.2 Å². The van der Waals surface area contributed by atoms with Crippen molar-refractivity contribution in [1.29, 1.82) is 0 Å². The normalized spacial score (nSPS) is 11.1. The highest BCUT2D eigenvalue weighted by Crippen LogP contribution is 2.20. The third-order valence-corrected chi connectivity index (χ3v) is 3.96. The molecule has 6 nitrogen and oxygen atoms in total. The number of carbonyl (C=O) groups excluding carboxylic acids is 1. The Hall–Kier alpha value is -1.60. The fourth-order valence-electron chi connectivity index (χ4n) is 1.55. The van der Waals surface area contributed by atoms with Crippen molar-refractivity contribution in [2.75, 3.05) is 25.5 Å². The first-order chi connectivity index (χ1) is 9.01. The number of carbonyl (C=O) groups is 1. The third-order valence-electron chi connectivity index (χ3n) is 2.49. The number of anilines is 1. The Kier molecular flexibility index (Phi) is 5.78. The van der Waals surface area contributed by atoms with Gasteiger partial charge >= 0.3 is 0 Å². The lowest BCUT2D eigenvalue weighted by Gasteiger charge is -2.11. The molecule has 0 radical (unpaired) electrons. The molecule has 7 heteroatoms. The van der Waals surface area contributed by atoms with Crippen LogP contribution in [-0.2, 0) is 14.8 Å². The van der Waals surface area contributed by atoms with Gasteiger partial charge in [0.05, 0.1) is 5.69 Å². The molecule has 0 fully saturated rings. The van der Waals surface area contributed by atoms with E-state index in [0.717, 1.165) is 0 Å². The first-order valence-corrected chi connectivity index (χ1v) is 7.52. The topological polar surface area (TPSA) is 87.3 Å². The van der Waals surface area contributed by atoms with Crippen LogP contribution >= 0.6 is 0 Å². The van der Waals surface area contributed by atoms with Gasteiger partial charge in [-0.15, -0.1) is 0 Å². The number of sulfonamides is 1. The molecule has 0 unspecified atom stereocenters. The van der Waals surface area contributed by atoms with Crippen LogP contribution in [0.15, 0.2) is 29.2 Å². The predicted octanol–water partition coefficient (Wildman–Crippen LogP) is 0.533. The van der Waals surface area contributed by atoms with Gasteiger partial charge in [0.1, 0.15) is 4.90 Å². The quantitative estimate of drug-likeness (QED) is 0.682. The predicted molar refractivity (Wildman–Crippen MR) is 74.5 cm³/mol. The van der Waals surface area contributed by atoms with E-state index in [2.05, 4.69) is 15.4 Å². The minimum absolute atomic E-state index is 0.0658. The van der Waals surface area contributed by atoms with Crippen LogP contribution in [0.5, 0.6) is 0 Å². The lowest BCUT2D eigenvalue weighted by atomic mass is 10.3. The van der Waals surface area contributed by atoms with E-state index in [1.54, 1.807) is 18.2 Å². The van der Waals surface area contributed by atoms with Crippen LogP contribution in [0, 0.1) is 0 Å². The van der Waals surface area contributed by atoms with Crippen LogP contribution in [0.25, 0.3) is 0 Å². The number of nitrogens with one attached hydrogen (secondary N) is 3. The maximum absolute atomic E-state index is 11.8. The Labute approximate surface area is 113 Å². The van der Waals surface area contributed by atoms with Crippen molar-refractivity contribution in [3.63, 3.8) is 0 Å². The molecular weight excluding hydrogens is 266 g/mol. The first-order valence-electron chi connectivity index (χ1n) is 6.04. The molecule has 1 amide bonds. The summed E-state index contributed by atoms with van der Waals surface area (Å²) in [7, 11) is -2.14. The second-order valence-electron chi connectivity index (χ2n) is 3.83. The van der Waals surface area contributed by atoms with Gasteiger partial charge in [0, 0.05) is 19.5 Å². The summed E-state index contributed by atoms with van der Waals surface area (Å²) in [5.41, 5.74) is 0.487. The van der Waals surface area contributed by atoms with Gasteiger partial charge < -0.3 is 10.6 Å². The summed E-state index contributed by atoms with van der Waals surface area (Å²) in [5.74, 6) is -0.0658. The summed E-state index contributed by atoms with van der Waals surface area (Å²) in [5, 5.41) is 5.64. The van der Waals surface area contributed by atoms with Crippen LogP contribution in [0.1, 0.15) is 13.3 Å². The summed E-state index contributed by atoms with van der Waals surface area (Å²) >= 11 is 0. The van der Waals surface area contributed by atoms with E-state index in [1.165, 1.54) is 13.1 Å². The molecule has 0 saturated carbocycles. The van der Waals surface area contributed by atoms with Crippen molar-refractivity contribution < 1.29 is 13.2 Å². The minimum Gasteiger partial charge on any atom is -0.383 e. The van der Waals surface area contributed by atoms with Crippen LogP contribution in [-0.4, -0.2) is 34.5 Å². The van der Waals surface area contributed by atoms with Crippen LogP contribution in [0.4, 0.5) is 5.69 Å². The number of hydrogen-bond donors (Lipinski definition) is 3. The molecule has 0 spiro atoms. The van der Waals surface area contributed by atoms with Crippen molar-refractivity contribution in [3.8, 4) is 0 Å². The third kappa shape index (κ3) is 4.53. The number of para-hydroxylation sites is 1. The van der Waals surface area contributed by atoms with E-state index in [1.807, 2.05) is 6.92 Å². The van der Waals surface area contributed by atoms with Gasteiger partial charge in [-0.1, -0.05) is 12.1 Å². The Morgan fingerprint density at radius 1 is 1.26 bits per heavy atom. The van der Waals surface area contributed by atoms with E-state index in [9.17, 15) is 13.2 Å². The molecule has 0 aliphatic rings. The van der Waals surface area contributed by atoms with Crippen molar-refractivity contribution in [3.05, 3.63) is 24.3 Å². The highest BCUT2D eigenvalue weighted by Gasteiger charge is 2.15. The Balaban J connectivity index is 2.72. The molecule has 0 aliphatic heterocycles. The molecule has 19 heavy (non-hydrogen) atoms. The Bertz CT molecular complexity index is 529. The van der Waals surface area contributed by atoms with Crippen LogP contribution < -0.4 is 15.4 Å². The van der Waals surface area contributed by atoms with Crippen molar-refractivity contribution >= 4 is 21.6 Å². The minimum atomic E-state index is -3.50. The number of amides is 1. The second kappa shape index (κ2) is 7.10. The number of rotatable bonds is 7. The van der Waals surface area contributed by atoms with Crippen LogP contribution in [0.3, 0.4) is 0 Å². The summed E-state index contributed by atoms with van der Waals surface area (Å²) in [6.07, 6.45) is 0.293. The average Bonchev–Trinajstić information content (AvgIpc) is 2.39. The molecule has 0 heterocycles. The zero-order valence-corrected chi connectivity index (χ0v) is 11.9. The molecular formula is C12H19N3O3S. The summed E-state index contributed by atoms with van der Waals surface area (Å²) in [6, 6.07) is 6.57. The fraction of sp³-hybridized carbons (Fsp3) is 0.417. The highest BCUT2D eigenvalue weighted by molar-refractivity contribution is 7.89. The van der Waals surface area contributed by atoms with E-state index >= 15 is 0 Å². The molecule has 0 bridgehead atoms. The number of hydrogen-bond acceptors (Lipinski definition) is 4. The Morgan fingerprint density at radius 3 is 2.58 bits per heavy atom. The molecule has 106 valence electrons. The van der Waals surface area contributed by atoms with Gasteiger partial charge in [0.25, 0.3) is 0 Å². The van der Waals surface area contributed by atoms with Crippen molar-refractivity contribution in [1.82, 2.24) is 10.0 Å². The molecule has 0 aromatic heterocycles. The van der Waals surface area contributed by atoms with Gasteiger partial charge in [0.2, 0.25) is 15.9 Å². The standard InChI is InChI=1S/C12H19N3O3S/c1-3-14-12(16)8-9-15-10-6-4-5-7-11(10)19(17,18)13-2/h4-7,13,15H,3,8-9H2,1-2H3,(H,14,16). The SMILES string of the molecule is CCNC(=O)CCNc1ccccc1S(=O)(=O)NC. The molecule has 1 rings (SSSR count). The van der Waals surface area contributed by atoms with E-state index in [0.29, 0.717) is 25.2 Å². The molecule has 0 aliphatic carbocycles. The molecule has 1 aromatic carbocycles. The second-order valence-corrected chi connectivity index (χ2v) is 5.69. The fourth-order valence-corrected chi connectivity index (χ4v) is 2.46. The maximum atomic E-state index is 11.8. The van der Waals surface area contributed by atoms with E-state index in [4.69, 9.17) is 0 Å². The van der Waals surface area contributed by atoms with Gasteiger partial charge in [-0.3, -0.25) is 4.79 Å². The zero-order valence-electron chi connectivity index (χ0n) is 11.1. The summed E-state index contributed by atoms with van der Waals surface area (Å²) in [4.78, 5) is 11.5. The van der Waals surface area contributed by atoms with Gasteiger partial charge in [0.15, 0.2) is 0 Å². The zero-order chi connectivity index (χ0) is 14.3. The van der Waals surface area contributed by atoms with Gasteiger partial charge in [-0.05, 0) is 26.1 Å². The molecule has 0 atom stereocenters. The van der Waals surface area contributed by atoms with E-state index in [-0.39, 0.29) is 10.8 Å². The van der Waals surface area contributed by atoms with Gasteiger partial charge in [-0.25, -0.2) is 13.1 Å². The molecule has 3 N–H and O–H groups in total. The summed E-state index contributed by atoms with van der Waals surface area (Å²) < 4.78 is 25.9. The average molecular weight is 285 g/mol. The van der Waals surface area contributed by atoms with Crippen molar-refractivity contribution in [2.24, 2.45) is 0 Å². The first kappa shape index (κ1) is 15.5. The Morgan fingerprint density at radius 2 is 1.95 bits per heavy atom. The largest absolute Gasteiger partial charge is 0.383 e. The highest BCUT2D eigenvalue weighted by atomic mass is 32.2.